The van der Waals surface area contributed by atoms with Gasteiger partial charge in [0.15, 0.2) is 5.17 Å². The van der Waals surface area contributed by atoms with Crippen LogP contribution in [0.25, 0.3) is 5.70 Å². The molecule has 1 aromatic rings. The van der Waals surface area contributed by atoms with E-state index in [4.69, 9.17) is 0 Å². The Balaban J connectivity index is 2.01. The van der Waals surface area contributed by atoms with Crippen molar-refractivity contribution >= 4 is 32.6 Å². The first-order valence-corrected chi connectivity index (χ1v) is 8.50. The fourth-order valence-corrected chi connectivity index (χ4v) is 4.45. The molecular weight excluding hydrogens is 280 g/mol. The van der Waals surface area contributed by atoms with Crippen LogP contribution in [0.4, 0.5) is 0 Å². The summed E-state index contributed by atoms with van der Waals surface area (Å²) in [5, 5.41) is 2.55. The Hall–Kier alpha value is -1.27. The molecule has 19 heavy (non-hydrogen) atoms. The number of fused-ring (bicyclic) bond motifs is 1. The molecule has 0 amide bonds. The molecule has 0 bridgehead atoms. The Morgan fingerprint density at radius 3 is 2.84 bits per heavy atom. The lowest BCUT2D eigenvalue weighted by Crippen LogP contribution is -2.34. The highest BCUT2D eigenvalue weighted by molar-refractivity contribution is 8.17. The van der Waals surface area contributed by atoms with Gasteiger partial charge in [-0.1, -0.05) is 35.5 Å². The van der Waals surface area contributed by atoms with Gasteiger partial charge in [0.25, 0.3) is 10.0 Å². The number of hydrogen-bond acceptors (Lipinski definition) is 4. The Morgan fingerprint density at radius 2 is 2.11 bits per heavy atom. The van der Waals surface area contributed by atoms with Crippen LogP contribution in [-0.4, -0.2) is 30.8 Å². The molecular formula is C13H14N2O2S2. The monoisotopic (exact) mass is 294 g/mol. The first kappa shape index (κ1) is 12.7. The van der Waals surface area contributed by atoms with Gasteiger partial charge < -0.3 is 4.90 Å². The standard InChI is InChI=1S/C13H14N2O2S2/c1-9-3-4-11(10(2)7-9)12-8-18-13-14-19(16,17)6-5-15(12)13/h3-4,7-8H,5-6H2,1-2H3. The highest BCUT2D eigenvalue weighted by atomic mass is 32.2. The Labute approximate surface area is 117 Å². The molecule has 0 spiro atoms. The maximum atomic E-state index is 11.5. The highest BCUT2D eigenvalue weighted by Gasteiger charge is 2.31. The van der Waals surface area contributed by atoms with E-state index in [1.165, 1.54) is 22.9 Å². The van der Waals surface area contributed by atoms with Gasteiger partial charge in [0, 0.05) is 17.5 Å². The molecule has 2 heterocycles. The van der Waals surface area contributed by atoms with Gasteiger partial charge in [0.05, 0.1) is 11.4 Å². The molecule has 0 radical (unpaired) electrons. The van der Waals surface area contributed by atoms with Crippen LogP contribution in [0.3, 0.4) is 0 Å². The molecule has 0 atom stereocenters. The largest absolute Gasteiger partial charge is 0.318 e. The van der Waals surface area contributed by atoms with E-state index in [9.17, 15) is 8.42 Å². The quantitative estimate of drug-likeness (QED) is 0.798. The Morgan fingerprint density at radius 1 is 1.32 bits per heavy atom. The van der Waals surface area contributed by atoms with Gasteiger partial charge in [-0.3, -0.25) is 0 Å². The minimum absolute atomic E-state index is 0.0826. The number of hydrogen-bond donors (Lipinski definition) is 0. The summed E-state index contributed by atoms with van der Waals surface area (Å²) in [5.74, 6) is 0.0826. The van der Waals surface area contributed by atoms with Gasteiger partial charge in [-0.2, -0.15) is 0 Å². The second kappa shape index (κ2) is 4.38. The topological polar surface area (TPSA) is 49.7 Å². The number of amidine groups is 1. The second-order valence-electron chi connectivity index (χ2n) is 4.75. The molecule has 0 N–H and O–H groups in total. The summed E-state index contributed by atoms with van der Waals surface area (Å²) in [6, 6.07) is 6.30. The van der Waals surface area contributed by atoms with Crippen molar-refractivity contribution < 1.29 is 8.42 Å². The third-order valence-electron chi connectivity index (χ3n) is 3.25. The number of nitrogens with zero attached hydrogens (tertiary/aromatic N) is 2. The van der Waals surface area contributed by atoms with Gasteiger partial charge >= 0.3 is 0 Å². The maximum Gasteiger partial charge on any atom is 0.257 e. The molecule has 1 aromatic carbocycles. The van der Waals surface area contributed by atoms with Crippen LogP contribution < -0.4 is 0 Å². The van der Waals surface area contributed by atoms with Crippen LogP contribution in [0.15, 0.2) is 28.0 Å². The van der Waals surface area contributed by atoms with Crippen molar-refractivity contribution in [3.63, 3.8) is 0 Å². The molecule has 0 aliphatic carbocycles. The molecule has 0 fully saturated rings. The van der Waals surface area contributed by atoms with E-state index in [-0.39, 0.29) is 5.75 Å². The SMILES string of the molecule is Cc1ccc(C2=CSC3=NS(=O)(=O)CCN23)c(C)c1. The third-order valence-corrected chi connectivity index (χ3v) is 5.37. The summed E-state index contributed by atoms with van der Waals surface area (Å²) in [6.45, 7) is 4.62. The molecule has 0 unspecified atom stereocenters. The Bertz CT molecular complexity index is 705. The van der Waals surface area contributed by atoms with Crippen LogP contribution in [0.2, 0.25) is 0 Å². The van der Waals surface area contributed by atoms with Gasteiger partial charge in [-0.05, 0) is 19.4 Å². The van der Waals surface area contributed by atoms with E-state index < -0.39 is 10.0 Å². The first-order valence-electron chi connectivity index (χ1n) is 6.01. The fourth-order valence-electron chi connectivity index (χ4n) is 2.31. The lowest BCUT2D eigenvalue weighted by atomic mass is 10.0. The van der Waals surface area contributed by atoms with Crippen LogP contribution in [0.5, 0.6) is 0 Å². The average molecular weight is 294 g/mol. The van der Waals surface area contributed by atoms with Crippen LogP contribution in [0.1, 0.15) is 16.7 Å². The fraction of sp³-hybridized carbons (Fsp3) is 0.308. The zero-order valence-electron chi connectivity index (χ0n) is 10.8. The number of benzene rings is 1. The summed E-state index contributed by atoms with van der Waals surface area (Å²) in [5.41, 5.74) is 4.61. The van der Waals surface area contributed by atoms with E-state index in [1.807, 2.05) is 10.3 Å². The molecule has 4 nitrogen and oxygen atoms in total. The molecule has 0 aromatic heterocycles. The smallest absolute Gasteiger partial charge is 0.257 e. The highest BCUT2D eigenvalue weighted by Crippen LogP contribution is 2.36. The number of sulfonamides is 1. The second-order valence-corrected chi connectivity index (χ2v) is 7.34. The molecule has 2 aliphatic rings. The van der Waals surface area contributed by atoms with Crippen molar-refractivity contribution in [1.29, 1.82) is 0 Å². The lowest BCUT2D eigenvalue weighted by Gasteiger charge is -2.25. The number of rotatable bonds is 1. The molecule has 6 heteroatoms. The molecule has 100 valence electrons. The third kappa shape index (κ3) is 2.30. The lowest BCUT2D eigenvalue weighted by molar-refractivity contribution is 0.567. The normalized spacial score (nSPS) is 20.8. The predicted octanol–water partition coefficient (Wildman–Crippen LogP) is 2.35. The summed E-state index contributed by atoms with van der Waals surface area (Å²) < 4.78 is 26.8. The van der Waals surface area contributed by atoms with Crippen LogP contribution >= 0.6 is 11.8 Å². The van der Waals surface area contributed by atoms with E-state index >= 15 is 0 Å². The van der Waals surface area contributed by atoms with E-state index in [2.05, 4.69) is 36.4 Å². The molecule has 0 saturated carbocycles. The summed E-state index contributed by atoms with van der Waals surface area (Å²) in [4.78, 5) is 1.99. The van der Waals surface area contributed by atoms with Crippen molar-refractivity contribution in [3.8, 4) is 0 Å². The zero-order chi connectivity index (χ0) is 13.6. The van der Waals surface area contributed by atoms with Crippen LogP contribution in [-0.2, 0) is 10.0 Å². The first-order chi connectivity index (χ1) is 8.96. The predicted molar refractivity (Wildman–Crippen MR) is 79.4 cm³/mol. The van der Waals surface area contributed by atoms with Gasteiger partial charge in [0.1, 0.15) is 0 Å². The Kier molecular flexibility index (Phi) is 2.94. The average Bonchev–Trinajstić information content (AvgIpc) is 2.70. The summed E-state index contributed by atoms with van der Waals surface area (Å²) in [7, 11) is -3.27. The van der Waals surface area contributed by atoms with Crippen molar-refractivity contribution in [2.45, 2.75) is 13.8 Å². The number of thioether (sulfide) groups is 1. The molecule has 2 aliphatic heterocycles. The van der Waals surface area contributed by atoms with Gasteiger partial charge in [-0.25, -0.2) is 8.42 Å². The minimum atomic E-state index is -3.27. The van der Waals surface area contributed by atoms with Crippen molar-refractivity contribution in [2.75, 3.05) is 12.3 Å². The van der Waals surface area contributed by atoms with Gasteiger partial charge in [-0.15, -0.1) is 4.40 Å². The van der Waals surface area contributed by atoms with Crippen LogP contribution in [0, 0.1) is 13.8 Å². The molecule has 3 rings (SSSR count). The van der Waals surface area contributed by atoms with Crippen molar-refractivity contribution in [1.82, 2.24) is 4.90 Å². The van der Waals surface area contributed by atoms with E-state index in [1.54, 1.807) is 0 Å². The zero-order valence-corrected chi connectivity index (χ0v) is 12.4. The summed E-state index contributed by atoms with van der Waals surface area (Å²) in [6.07, 6.45) is 0. The van der Waals surface area contributed by atoms with Crippen molar-refractivity contribution in [2.24, 2.45) is 4.40 Å². The minimum Gasteiger partial charge on any atom is -0.318 e. The van der Waals surface area contributed by atoms with Crippen molar-refractivity contribution in [3.05, 3.63) is 40.3 Å². The van der Waals surface area contributed by atoms with E-state index in [0.717, 1.165) is 11.3 Å². The van der Waals surface area contributed by atoms with E-state index in [0.29, 0.717) is 11.7 Å². The number of aryl methyl sites for hydroxylation is 2. The maximum absolute atomic E-state index is 11.5. The van der Waals surface area contributed by atoms with Gasteiger partial charge in [0.2, 0.25) is 0 Å². The summed E-state index contributed by atoms with van der Waals surface area (Å²) >= 11 is 1.38. The molecule has 0 saturated heterocycles.